The van der Waals surface area contributed by atoms with Crippen LogP contribution < -0.4 is 0 Å². The Balaban J connectivity index is 1.69. The van der Waals surface area contributed by atoms with E-state index in [0.29, 0.717) is 6.42 Å². The molecule has 2 aliphatic rings. The summed E-state index contributed by atoms with van der Waals surface area (Å²) in [6.07, 6.45) is 3.64. The third-order valence-corrected chi connectivity index (χ3v) is 5.45. The smallest absolute Gasteiger partial charge is 0.308 e. The maximum Gasteiger partial charge on any atom is 0.308 e. The standard InChI is InChI=1S/C23H20N2O5/c26-20-17-10-4-5-11-18(17)21(27)25(20)19(13-15-7-2-1-3-8-15)22(28)24-12-6-9-16(14-24)23(29)30/h1-8,10-12,16,19H,9,13-14H2,(H,29,30)/t16-,19?/m0/s1. The highest BCUT2D eigenvalue weighted by Gasteiger charge is 2.44. The van der Waals surface area contributed by atoms with Gasteiger partial charge in [0.1, 0.15) is 6.04 Å². The number of carboxylic acids is 1. The number of rotatable bonds is 5. The van der Waals surface area contributed by atoms with E-state index in [0.717, 1.165) is 10.5 Å². The fraction of sp³-hybridized carbons (Fsp3) is 0.217. The van der Waals surface area contributed by atoms with Crippen molar-refractivity contribution in [2.75, 3.05) is 6.54 Å². The summed E-state index contributed by atoms with van der Waals surface area (Å²) in [5, 5.41) is 9.34. The van der Waals surface area contributed by atoms with Gasteiger partial charge in [-0.2, -0.15) is 0 Å². The van der Waals surface area contributed by atoms with Crippen LogP contribution in [0.25, 0.3) is 0 Å². The molecule has 0 fully saturated rings. The van der Waals surface area contributed by atoms with E-state index in [2.05, 4.69) is 0 Å². The lowest BCUT2D eigenvalue weighted by molar-refractivity contribution is -0.144. The fourth-order valence-electron chi connectivity index (χ4n) is 3.88. The third kappa shape index (κ3) is 3.50. The second-order valence-corrected chi connectivity index (χ2v) is 7.38. The van der Waals surface area contributed by atoms with E-state index in [-0.39, 0.29) is 24.1 Å². The number of carbonyl (C=O) groups is 4. The van der Waals surface area contributed by atoms with Gasteiger partial charge in [0.15, 0.2) is 0 Å². The predicted molar refractivity (Wildman–Crippen MR) is 107 cm³/mol. The summed E-state index contributed by atoms with van der Waals surface area (Å²) >= 11 is 0. The first kappa shape index (κ1) is 19.6. The molecular weight excluding hydrogens is 384 g/mol. The maximum atomic E-state index is 13.4. The third-order valence-electron chi connectivity index (χ3n) is 5.45. The minimum absolute atomic E-state index is 0.000867. The first-order valence-electron chi connectivity index (χ1n) is 9.68. The van der Waals surface area contributed by atoms with E-state index in [1.165, 1.54) is 11.1 Å². The number of fused-ring (bicyclic) bond motifs is 1. The summed E-state index contributed by atoms with van der Waals surface area (Å²) in [6.45, 7) is -0.000867. The minimum atomic E-state index is -1.07. The molecule has 2 heterocycles. The van der Waals surface area contributed by atoms with Crippen LogP contribution in [0.4, 0.5) is 0 Å². The SMILES string of the molecule is O=C(O)[C@H]1CC=CN(C(=O)C(Cc2ccccc2)N2C(=O)c3ccccc3C2=O)C1. The summed E-state index contributed by atoms with van der Waals surface area (Å²) < 4.78 is 0. The lowest BCUT2D eigenvalue weighted by Crippen LogP contribution is -2.52. The van der Waals surface area contributed by atoms with Crippen molar-refractivity contribution in [3.8, 4) is 0 Å². The normalized spacial score (nSPS) is 19.0. The van der Waals surface area contributed by atoms with Gasteiger partial charge in [0.25, 0.3) is 11.8 Å². The van der Waals surface area contributed by atoms with Gasteiger partial charge in [-0.15, -0.1) is 0 Å². The average molecular weight is 404 g/mol. The Hall–Kier alpha value is -3.74. The van der Waals surface area contributed by atoms with Gasteiger partial charge in [-0.25, -0.2) is 0 Å². The van der Waals surface area contributed by atoms with Gasteiger partial charge in [0.05, 0.1) is 17.0 Å². The van der Waals surface area contributed by atoms with E-state index in [1.54, 1.807) is 30.3 Å². The van der Waals surface area contributed by atoms with Crippen molar-refractivity contribution in [1.29, 1.82) is 0 Å². The molecule has 2 atom stereocenters. The monoisotopic (exact) mass is 404 g/mol. The van der Waals surface area contributed by atoms with Gasteiger partial charge in [-0.05, 0) is 24.1 Å². The van der Waals surface area contributed by atoms with Crippen molar-refractivity contribution < 1.29 is 24.3 Å². The molecule has 0 spiro atoms. The Morgan fingerprint density at radius 1 is 0.967 bits per heavy atom. The van der Waals surface area contributed by atoms with E-state index in [1.807, 2.05) is 30.3 Å². The second kappa shape index (κ2) is 7.94. The summed E-state index contributed by atoms with van der Waals surface area (Å²) in [6, 6.07) is 14.5. The lowest BCUT2D eigenvalue weighted by Gasteiger charge is -2.32. The van der Waals surface area contributed by atoms with Crippen LogP contribution in [0.2, 0.25) is 0 Å². The van der Waals surface area contributed by atoms with E-state index < -0.39 is 35.7 Å². The van der Waals surface area contributed by atoms with Crippen molar-refractivity contribution in [2.24, 2.45) is 5.92 Å². The Labute approximate surface area is 173 Å². The molecule has 152 valence electrons. The van der Waals surface area contributed by atoms with Gasteiger partial charge in [0, 0.05) is 19.2 Å². The molecule has 0 saturated carbocycles. The topological polar surface area (TPSA) is 95.0 Å². The van der Waals surface area contributed by atoms with Crippen LogP contribution in [0.15, 0.2) is 66.9 Å². The first-order valence-corrected chi connectivity index (χ1v) is 9.68. The molecule has 3 amide bonds. The fourth-order valence-corrected chi connectivity index (χ4v) is 3.88. The largest absolute Gasteiger partial charge is 0.481 e. The Morgan fingerprint density at radius 3 is 2.17 bits per heavy atom. The number of carboxylic acid groups (broad SMARTS) is 1. The van der Waals surface area contributed by atoms with Gasteiger partial charge in [0.2, 0.25) is 5.91 Å². The maximum absolute atomic E-state index is 13.4. The number of aliphatic carboxylic acids is 1. The number of carbonyl (C=O) groups excluding carboxylic acids is 3. The molecule has 7 heteroatoms. The molecule has 1 unspecified atom stereocenters. The molecule has 2 aromatic carbocycles. The molecule has 0 bridgehead atoms. The molecule has 0 saturated heterocycles. The van der Waals surface area contributed by atoms with Crippen LogP contribution in [-0.2, 0) is 16.0 Å². The molecule has 0 radical (unpaired) electrons. The number of amides is 3. The molecule has 2 aliphatic heterocycles. The van der Waals surface area contributed by atoms with Crippen molar-refractivity contribution in [2.45, 2.75) is 18.9 Å². The first-order chi connectivity index (χ1) is 14.5. The Bertz CT molecular complexity index is 1010. The van der Waals surface area contributed by atoms with Crippen LogP contribution in [0.3, 0.4) is 0 Å². The zero-order valence-electron chi connectivity index (χ0n) is 16.1. The second-order valence-electron chi connectivity index (χ2n) is 7.38. The highest BCUT2D eigenvalue weighted by Crippen LogP contribution is 2.27. The average Bonchev–Trinajstić information content (AvgIpc) is 3.03. The molecule has 7 nitrogen and oxygen atoms in total. The van der Waals surface area contributed by atoms with Crippen LogP contribution in [0, 0.1) is 5.92 Å². The van der Waals surface area contributed by atoms with Gasteiger partial charge in [-0.1, -0.05) is 48.5 Å². The molecule has 4 rings (SSSR count). The van der Waals surface area contributed by atoms with Crippen molar-refractivity contribution >= 4 is 23.7 Å². The van der Waals surface area contributed by atoms with E-state index in [9.17, 15) is 24.3 Å². The molecule has 0 aromatic heterocycles. The lowest BCUT2D eigenvalue weighted by atomic mass is 9.99. The van der Waals surface area contributed by atoms with E-state index in [4.69, 9.17) is 0 Å². The number of imide groups is 1. The van der Waals surface area contributed by atoms with E-state index >= 15 is 0 Å². The zero-order chi connectivity index (χ0) is 21.3. The molecule has 30 heavy (non-hydrogen) atoms. The van der Waals surface area contributed by atoms with Crippen molar-refractivity contribution in [3.05, 3.63) is 83.6 Å². The van der Waals surface area contributed by atoms with Crippen LogP contribution in [0.1, 0.15) is 32.7 Å². The number of benzene rings is 2. The van der Waals surface area contributed by atoms with Crippen molar-refractivity contribution in [1.82, 2.24) is 9.80 Å². The number of nitrogens with zero attached hydrogens (tertiary/aromatic N) is 2. The summed E-state index contributed by atoms with van der Waals surface area (Å²) in [5.41, 5.74) is 1.33. The van der Waals surface area contributed by atoms with Crippen molar-refractivity contribution in [3.63, 3.8) is 0 Å². The minimum Gasteiger partial charge on any atom is -0.481 e. The molecule has 1 N–H and O–H groups in total. The highest BCUT2D eigenvalue weighted by molar-refractivity contribution is 6.22. The number of hydrogen-bond donors (Lipinski definition) is 1. The molecule has 2 aromatic rings. The van der Waals surface area contributed by atoms with Crippen LogP contribution in [-0.4, -0.2) is 51.2 Å². The zero-order valence-corrected chi connectivity index (χ0v) is 16.1. The Morgan fingerprint density at radius 2 is 1.57 bits per heavy atom. The van der Waals surface area contributed by atoms with Gasteiger partial charge < -0.3 is 10.0 Å². The van der Waals surface area contributed by atoms with Crippen LogP contribution in [0.5, 0.6) is 0 Å². The summed E-state index contributed by atoms with van der Waals surface area (Å²) in [7, 11) is 0. The number of hydrogen-bond acceptors (Lipinski definition) is 4. The van der Waals surface area contributed by atoms with Gasteiger partial charge in [-0.3, -0.25) is 24.1 Å². The predicted octanol–water partition coefficient (Wildman–Crippen LogP) is 2.34. The van der Waals surface area contributed by atoms with Gasteiger partial charge >= 0.3 is 5.97 Å². The van der Waals surface area contributed by atoms with Crippen LogP contribution >= 0.6 is 0 Å². The number of allylic oxidation sites excluding steroid dienone is 1. The quantitative estimate of drug-likeness (QED) is 0.772. The highest BCUT2D eigenvalue weighted by atomic mass is 16.4. The molecule has 0 aliphatic carbocycles. The Kier molecular flexibility index (Phi) is 5.18. The molecular formula is C23H20N2O5. The summed E-state index contributed by atoms with van der Waals surface area (Å²) in [4.78, 5) is 53.2. The summed E-state index contributed by atoms with van der Waals surface area (Å²) in [5.74, 6) is -3.21.